The molecule has 312 valence electrons. The monoisotopic (exact) mass is 819 g/mol. The molecule has 8 aromatic rings. The largest absolute Gasteiger partial charge is 0.305 e. The van der Waals surface area contributed by atoms with Gasteiger partial charge in [-0.05, 0) is 219 Å². The Hall–Kier alpha value is -5.02. The van der Waals surface area contributed by atoms with Gasteiger partial charge < -0.3 is 4.40 Å². The molecule has 10 unspecified atom stereocenters. The summed E-state index contributed by atoms with van der Waals surface area (Å²) in [5.41, 5.74) is 28.2. The van der Waals surface area contributed by atoms with Crippen LogP contribution in [0.5, 0.6) is 0 Å². The van der Waals surface area contributed by atoms with E-state index in [1.807, 2.05) is 0 Å². The molecule has 6 bridgehead atoms. The maximum Gasteiger partial charge on any atom is 0.0728 e. The van der Waals surface area contributed by atoms with E-state index in [1.165, 1.54) is 180 Å². The zero-order chi connectivity index (χ0) is 41.7. The molecule has 0 saturated heterocycles. The Morgan fingerprint density at radius 2 is 0.762 bits per heavy atom. The van der Waals surface area contributed by atoms with Gasteiger partial charge in [0.05, 0.1) is 28.9 Å². The third-order valence-electron chi connectivity index (χ3n) is 20.9. The summed E-state index contributed by atoms with van der Waals surface area (Å²) in [4.78, 5) is 11.5. The maximum absolute atomic E-state index is 5.75. The summed E-state index contributed by atoms with van der Waals surface area (Å²) >= 11 is 0. The van der Waals surface area contributed by atoms with Crippen molar-refractivity contribution in [3.63, 3.8) is 0 Å². The number of nitrogens with zero attached hydrogens (tertiary/aromatic N) is 3. The second kappa shape index (κ2) is 11.3. The zero-order valence-electron chi connectivity index (χ0n) is 37.9. The lowest BCUT2D eigenvalue weighted by atomic mass is 9.56. The normalized spacial score (nSPS) is 32.4. The van der Waals surface area contributed by atoms with Crippen LogP contribution < -0.4 is 0 Å². The molecule has 10 atom stereocenters. The van der Waals surface area contributed by atoms with Gasteiger partial charge in [-0.15, -0.1) is 0 Å². The molecule has 4 aromatic heterocycles. The molecule has 0 N–H and O–H groups in total. The number of fused-ring (bicyclic) bond motifs is 18. The van der Waals surface area contributed by atoms with Gasteiger partial charge in [0.15, 0.2) is 0 Å². The van der Waals surface area contributed by atoms with Crippen molar-refractivity contribution < 1.29 is 0 Å². The predicted molar refractivity (Wildman–Crippen MR) is 257 cm³/mol. The predicted octanol–water partition coefficient (Wildman–Crippen LogP) is 15.3. The molecule has 0 radical (unpaired) electrons. The highest BCUT2D eigenvalue weighted by atomic mass is 15.0. The Morgan fingerprint density at radius 1 is 0.413 bits per heavy atom. The van der Waals surface area contributed by atoms with Crippen molar-refractivity contribution in [1.82, 2.24) is 14.4 Å². The summed E-state index contributed by atoms with van der Waals surface area (Å²) in [6.45, 7) is 14.3. The number of hydrogen-bond donors (Lipinski definition) is 0. The lowest BCUT2D eigenvalue weighted by Gasteiger charge is -2.48. The maximum atomic E-state index is 5.75. The summed E-state index contributed by atoms with van der Waals surface area (Å²) in [7, 11) is 0. The van der Waals surface area contributed by atoms with Crippen LogP contribution in [-0.2, 0) is 0 Å². The third kappa shape index (κ3) is 3.87. The van der Waals surface area contributed by atoms with E-state index < -0.39 is 0 Å². The Morgan fingerprint density at radius 3 is 1.16 bits per heavy atom. The number of hydrogen-bond acceptors (Lipinski definition) is 2. The van der Waals surface area contributed by atoms with Crippen LogP contribution in [0.3, 0.4) is 0 Å². The summed E-state index contributed by atoms with van der Waals surface area (Å²) in [6, 6.07) is 21.2. The Bertz CT molecular complexity index is 3200. The molecular formula is C60H57N3. The smallest absolute Gasteiger partial charge is 0.0728 e. The van der Waals surface area contributed by atoms with Crippen LogP contribution in [0.2, 0.25) is 0 Å². The summed E-state index contributed by atoms with van der Waals surface area (Å²) in [6.07, 6.45) is 18.5. The van der Waals surface area contributed by atoms with Crippen LogP contribution in [0, 0.1) is 76.0 Å². The van der Waals surface area contributed by atoms with Gasteiger partial charge in [-0.25, -0.2) is 0 Å². The molecule has 6 saturated carbocycles. The van der Waals surface area contributed by atoms with Crippen LogP contribution >= 0.6 is 0 Å². The Kier molecular flexibility index (Phi) is 6.31. The highest BCUT2D eigenvalue weighted by Crippen LogP contribution is 2.78. The molecule has 6 fully saturated rings. The van der Waals surface area contributed by atoms with E-state index in [0.717, 1.165) is 23.7 Å². The molecule has 8 aliphatic rings. The fourth-order valence-corrected chi connectivity index (χ4v) is 18.8. The van der Waals surface area contributed by atoms with Crippen molar-refractivity contribution in [3.05, 3.63) is 123 Å². The van der Waals surface area contributed by atoms with Crippen LogP contribution in [0.4, 0.5) is 0 Å². The minimum absolute atomic E-state index is 0.560. The van der Waals surface area contributed by atoms with Gasteiger partial charge in [0.2, 0.25) is 0 Å². The number of rotatable bonds is 3. The summed E-state index contributed by atoms with van der Waals surface area (Å²) in [5.74, 6) is 5.95. The van der Waals surface area contributed by atoms with Crippen molar-refractivity contribution in [2.45, 2.75) is 129 Å². The van der Waals surface area contributed by atoms with Crippen molar-refractivity contribution in [2.75, 3.05) is 0 Å². The molecule has 0 amide bonds. The lowest BCUT2D eigenvalue weighted by molar-refractivity contribution is 0.00321. The number of aromatic nitrogens is 3. The molecule has 63 heavy (non-hydrogen) atoms. The minimum Gasteiger partial charge on any atom is -0.305 e. The molecule has 0 aliphatic heterocycles. The quantitative estimate of drug-likeness (QED) is 0.178. The SMILES string of the molecule is Cc1cccc(C)c1-c1c(-c2c(C)cccc2C)c2c3c4c(ncc3n3c5cnc6c(c5c(c1-c1c(C)cccc1C)c23)C1CC2CC3CC6CC32C1)C1CC2CC3CC4CC23C1. The molecule has 16 rings (SSSR count). The van der Waals surface area contributed by atoms with Gasteiger partial charge in [0.25, 0.3) is 0 Å². The van der Waals surface area contributed by atoms with E-state index in [-0.39, 0.29) is 0 Å². The van der Waals surface area contributed by atoms with Crippen molar-refractivity contribution in [2.24, 2.45) is 34.5 Å². The van der Waals surface area contributed by atoms with Crippen molar-refractivity contribution in [3.8, 4) is 33.4 Å². The van der Waals surface area contributed by atoms with Gasteiger partial charge in [-0.3, -0.25) is 9.97 Å². The van der Waals surface area contributed by atoms with E-state index in [4.69, 9.17) is 9.97 Å². The molecule has 2 spiro atoms. The van der Waals surface area contributed by atoms with E-state index in [1.54, 1.807) is 11.1 Å². The first kappa shape index (κ1) is 35.3. The van der Waals surface area contributed by atoms with E-state index >= 15 is 0 Å². The zero-order valence-corrected chi connectivity index (χ0v) is 37.9. The average Bonchev–Trinajstić information content (AvgIpc) is 4.04. The van der Waals surface area contributed by atoms with E-state index in [2.05, 4.69) is 113 Å². The van der Waals surface area contributed by atoms with E-state index in [9.17, 15) is 0 Å². The minimum atomic E-state index is 0.560. The van der Waals surface area contributed by atoms with Gasteiger partial charge in [0, 0.05) is 55.9 Å². The first-order valence-corrected chi connectivity index (χ1v) is 24.9. The molecule has 3 nitrogen and oxygen atoms in total. The van der Waals surface area contributed by atoms with E-state index in [0.29, 0.717) is 34.5 Å². The van der Waals surface area contributed by atoms with Crippen LogP contribution in [0.1, 0.15) is 144 Å². The second-order valence-corrected chi connectivity index (χ2v) is 23.3. The number of pyridine rings is 2. The Labute approximate surface area is 371 Å². The molecular weight excluding hydrogens is 763 g/mol. The lowest BCUT2D eigenvalue weighted by Crippen LogP contribution is -2.41. The first-order valence-electron chi connectivity index (χ1n) is 24.9. The van der Waals surface area contributed by atoms with Crippen LogP contribution in [0.15, 0.2) is 67.0 Å². The third-order valence-corrected chi connectivity index (χ3v) is 20.9. The highest BCUT2D eigenvalue weighted by Gasteiger charge is 2.67. The van der Waals surface area contributed by atoms with Crippen molar-refractivity contribution >= 4 is 38.1 Å². The topological polar surface area (TPSA) is 30.2 Å². The average molecular weight is 820 g/mol. The van der Waals surface area contributed by atoms with Gasteiger partial charge in [0.1, 0.15) is 0 Å². The Balaban J connectivity index is 1.21. The fraction of sp³-hybridized carbons (Fsp3) is 0.433. The first-order chi connectivity index (χ1) is 30.6. The summed E-state index contributed by atoms with van der Waals surface area (Å²) < 4.78 is 2.76. The highest BCUT2D eigenvalue weighted by molar-refractivity contribution is 6.35. The van der Waals surface area contributed by atoms with Gasteiger partial charge >= 0.3 is 0 Å². The van der Waals surface area contributed by atoms with Gasteiger partial charge in [-0.1, -0.05) is 54.6 Å². The van der Waals surface area contributed by atoms with Crippen LogP contribution in [-0.4, -0.2) is 14.4 Å². The summed E-state index contributed by atoms with van der Waals surface area (Å²) in [5, 5.41) is 6.06. The second-order valence-electron chi connectivity index (χ2n) is 23.3. The van der Waals surface area contributed by atoms with Crippen molar-refractivity contribution in [1.29, 1.82) is 0 Å². The van der Waals surface area contributed by atoms with Crippen LogP contribution in [0.25, 0.3) is 71.5 Å². The molecule has 4 aromatic carbocycles. The standard InChI is InChI=1S/C60H57N3/c1-28-10-7-11-29(2)44(28)51-52(45-30(3)12-8-13-31(45)4)54-49-42(26-61-56-36-18-40-20-38-16-34(47(49)56)22-59(38,40)24-36)63-43-27-62-57-37-19-41-21-39-17-35(23-60(39,41)25-37)48(57)50(43)55(58(54)63)53(51)46-32(5)14-9-15-33(46)6/h7-15,26-27,34-41H,16-25H2,1-6H3. The number of benzene rings is 4. The molecule has 8 aliphatic carbocycles. The molecule has 3 heteroatoms. The molecule has 4 heterocycles. The number of aryl methyl sites for hydroxylation is 6. The fourth-order valence-electron chi connectivity index (χ4n) is 18.8. The van der Waals surface area contributed by atoms with Gasteiger partial charge in [-0.2, -0.15) is 0 Å².